The lowest BCUT2D eigenvalue weighted by Gasteiger charge is -2.26. The lowest BCUT2D eigenvalue weighted by molar-refractivity contribution is 1.48. The molecule has 116 valence electrons. The minimum Gasteiger partial charge on any atom is -0.398 e. The van der Waals surface area contributed by atoms with Crippen molar-refractivity contribution in [3.8, 4) is 0 Å². The maximum absolute atomic E-state index is 6.46. The Morgan fingerprint density at radius 1 is 0.667 bits per heavy atom. The number of anilines is 6. The van der Waals surface area contributed by atoms with Crippen LogP contribution in [-0.2, 0) is 0 Å². The van der Waals surface area contributed by atoms with Crippen LogP contribution in [0.4, 0.5) is 34.1 Å². The minimum atomic E-state index is 0.673. The van der Waals surface area contributed by atoms with E-state index in [0.717, 1.165) is 38.9 Å². The number of benzene rings is 4. The molecule has 24 heavy (non-hydrogen) atoms. The first-order valence-corrected chi connectivity index (χ1v) is 7.89. The van der Waals surface area contributed by atoms with E-state index in [1.165, 1.54) is 5.39 Å². The molecule has 4 aromatic rings. The van der Waals surface area contributed by atoms with E-state index in [2.05, 4.69) is 41.0 Å². The average Bonchev–Trinajstić information content (AvgIpc) is 2.60. The van der Waals surface area contributed by atoms with Gasteiger partial charge in [0, 0.05) is 16.5 Å². The third-order valence-electron chi connectivity index (χ3n) is 4.69. The summed E-state index contributed by atoms with van der Waals surface area (Å²) in [7, 11) is 0. The Morgan fingerprint density at radius 3 is 2.42 bits per heavy atom. The summed E-state index contributed by atoms with van der Waals surface area (Å²) in [5.74, 6) is 0. The van der Waals surface area contributed by atoms with E-state index in [1.807, 2.05) is 30.3 Å². The first-order valence-electron chi connectivity index (χ1n) is 7.89. The molecule has 4 heteroatoms. The molecule has 5 rings (SSSR count). The van der Waals surface area contributed by atoms with Crippen molar-refractivity contribution in [2.24, 2.45) is 0 Å². The summed E-state index contributed by atoms with van der Waals surface area (Å²) in [5.41, 5.74) is 17.9. The van der Waals surface area contributed by atoms with Crippen molar-refractivity contribution in [1.29, 1.82) is 0 Å². The molecule has 1 aliphatic heterocycles. The second-order valence-corrected chi connectivity index (χ2v) is 6.12. The van der Waals surface area contributed by atoms with E-state index in [9.17, 15) is 0 Å². The number of fused-ring (bicyclic) bond motifs is 5. The number of hydrogen-bond acceptors (Lipinski definition) is 4. The first kappa shape index (κ1) is 13.1. The fourth-order valence-electron chi connectivity index (χ4n) is 3.53. The second kappa shape index (κ2) is 4.55. The van der Waals surface area contributed by atoms with E-state index < -0.39 is 0 Å². The second-order valence-electron chi connectivity index (χ2n) is 6.12. The highest BCUT2D eigenvalue weighted by Crippen LogP contribution is 2.47. The van der Waals surface area contributed by atoms with Gasteiger partial charge in [0.15, 0.2) is 0 Å². The highest BCUT2D eigenvalue weighted by molar-refractivity contribution is 6.15. The Hall–Kier alpha value is -3.40. The molecule has 0 aromatic heterocycles. The Labute approximate surface area is 139 Å². The van der Waals surface area contributed by atoms with Crippen molar-refractivity contribution < 1.29 is 0 Å². The fourth-order valence-corrected chi connectivity index (χ4v) is 3.53. The first-order chi connectivity index (χ1) is 11.7. The van der Waals surface area contributed by atoms with Crippen LogP contribution in [0.3, 0.4) is 0 Å². The highest BCUT2D eigenvalue weighted by atomic mass is 15.1. The summed E-state index contributed by atoms with van der Waals surface area (Å²) in [6.45, 7) is 0. The lowest BCUT2D eigenvalue weighted by atomic mass is 10.00. The molecule has 1 heterocycles. The maximum Gasteiger partial charge on any atom is 0.0865 e. The maximum atomic E-state index is 6.46. The molecule has 0 atom stereocenters. The van der Waals surface area contributed by atoms with Gasteiger partial charge in [-0.05, 0) is 29.0 Å². The number of rotatable bonds is 0. The van der Waals surface area contributed by atoms with Crippen LogP contribution in [-0.4, -0.2) is 0 Å². The SMILES string of the molecule is Nc1cccc2cc3c(c(N)c12)Nc1c(ccc2ccccc12)N3. The van der Waals surface area contributed by atoms with Crippen LogP contribution in [0.5, 0.6) is 0 Å². The van der Waals surface area contributed by atoms with Crippen LogP contribution >= 0.6 is 0 Å². The molecule has 4 aromatic carbocycles. The van der Waals surface area contributed by atoms with Crippen molar-refractivity contribution in [3.05, 3.63) is 60.7 Å². The number of nitrogens with two attached hydrogens (primary N) is 2. The molecule has 4 nitrogen and oxygen atoms in total. The standard InChI is InChI=1S/C20H16N4/c21-14-7-3-5-12-10-16-20(18(22)17(12)14)24-19-13-6-2-1-4-11(13)8-9-15(19)23-16/h1-10,23-24H,21-22H2. The zero-order valence-electron chi connectivity index (χ0n) is 12.9. The van der Waals surface area contributed by atoms with Gasteiger partial charge in [0.05, 0.1) is 28.4 Å². The summed E-state index contributed by atoms with van der Waals surface area (Å²) in [5, 5.41) is 11.3. The lowest BCUT2D eigenvalue weighted by Crippen LogP contribution is -2.09. The predicted octanol–water partition coefficient (Wildman–Crippen LogP) is 4.96. The minimum absolute atomic E-state index is 0.673. The molecule has 0 saturated heterocycles. The van der Waals surface area contributed by atoms with Crippen molar-refractivity contribution >= 4 is 55.7 Å². The smallest absolute Gasteiger partial charge is 0.0865 e. The predicted molar refractivity (Wildman–Crippen MR) is 103 cm³/mol. The quantitative estimate of drug-likeness (QED) is 0.305. The number of hydrogen-bond donors (Lipinski definition) is 4. The van der Waals surface area contributed by atoms with Crippen LogP contribution in [0.2, 0.25) is 0 Å². The van der Waals surface area contributed by atoms with Crippen LogP contribution in [0.25, 0.3) is 21.5 Å². The van der Waals surface area contributed by atoms with Gasteiger partial charge in [0.2, 0.25) is 0 Å². The van der Waals surface area contributed by atoms with E-state index >= 15 is 0 Å². The zero-order valence-corrected chi connectivity index (χ0v) is 12.9. The fraction of sp³-hybridized carbons (Fsp3) is 0. The monoisotopic (exact) mass is 312 g/mol. The molecular weight excluding hydrogens is 296 g/mol. The molecule has 0 amide bonds. The van der Waals surface area contributed by atoms with Crippen LogP contribution < -0.4 is 22.1 Å². The van der Waals surface area contributed by atoms with Gasteiger partial charge in [-0.3, -0.25) is 0 Å². The Balaban J connectivity index is 1.80. The highest BCUT2D eigenvalue weighted by Gasteiger charge is 2.20. The molecule has 0 saturated carbocycles. The number of nitrogens with one attached hydrogen (secondary N) is 2. The van der Waals surface area contributed by atoms with Gasteiger partial charge < -0.3 is 22.1 Å². The van der Waals surface area contributed by atoms with Gasteiger partial charge in [-0.2, -0.15) is 0 Å². The molecule has 0 fully saturated rings. The van der Waals surface area contributed by atoms with E-state index in [1.54, 1.807) is 0 Å². The molecule has 0 radical (unpaired) electrons. The van der Waals surface area contributed by atoms with E-state index in [0.29, 0.717) is 11.4 Å². The third-order valence-corrected chi connectivity index (χ3v) is 4.69. The molecular formula is C20H16N4. The van der Waals surface area contributed by atoms with Gasteiger partial charge in [-0.15, -0.1) is 0 Å². The summed E-state index contributed by atoms with van der Waals surface area (Å²) >= 11 is 0. The average molecular weight is 312 g/mol. The Morgan fingerprint density at radius 2 is 1.50 bits per heavy atom. The Bertz CT molecular complexity index is 1130. The van der Waals surface area contributed by atoms with Gasteiger partial charge >= 0.3 is 0 Å². The summed E-state index contributed by atoms with van der Waals surface area (Å²) in [4.78, 5) is 0. The van der Waals surface area contributed by atoms with Crippen molar-refractivity contribution in [1.82, 2.24) is 0 Å². The van der Waals surface area contributed by atoms with Crippen LogP contribution in [0.15, 0.2) is 60.7 Å². The van der Waals surface area contributed by atoms with Crippen molar-refractivity contribution in [2.75, 3.05) is 22.1 Å². The van der Waals surface area contributed by atoms with Crippen molar-refractivity contribution in [3.63, 3.8) is 0 Å². The van der Waals surface area contributed by atoms with E-state index in [4.69, 9.17) is 11.5 Å². The van der Waals surface area contributed by atoms with Gasteiger partial charge in [-0.25, -0.2) is 0 Å². The third kappa shape index (κ3) is 1.68. The molecule has 1 aliphatic rings. The largest absolute Gasteiger partial charge is 0.398 e. The van der Waals surface area contributed by atoms with Gasteiger partial charge in [0.25, 0.3) is 0 Å². The van der Waals surface area contributed by atoms with E-state index in [-0.39, 0.29) is 0 Å². The summed E-state index contributed by atoms with van der Waals surface area (Å²) in [6, 6.07) is 20.5. The normalized spacial score (nSPS) is 12.3. The molecule has 0 aliphatic carbocycles. The molecule has 0 spiro atoms. The summed E-state index contributed by atoms with van der Waals surface area (Å²) < 4.78 is 0. The zero-order chi connectivity index (χ0) is 16.3. The topological polar surface area (TPSA) is 76.1 Å². The number of nitrogen functional groups attached to an aromatic ring is 2. The van der Waals surface area contributed by atoms with Gasteiger partial charge in [0.1, 0.15) is 0 Å². The molecule has 0 bridgehead atoms. The molecule has 0 unspecified atom stereocenters. The van der Waals surface area contributed by atoms with Crippen LogP contribution in [0, 0.1) is 0 Å². The van der Waals surface area contributed by atoms with Crippen LogP contribution in [0.1, 0.15) is 0 Å². The molecule has 6 N–H and O–H groups in total. The van der Waals surface area contributed by atoms with Crippen molar-refractivity contribution in [2.45, 2.75) is 0 Å². The van der Waals surface area contributed by atoms with Gasteiger partial charge in [-0.1, -0.05) is 42.5 Å². The summed E-state index contributed by atoms with van der Waals surface area (Å²) in [6.07, 6.45) is 0. The Kier molecular flexibility index (Phi) is 2.48.